The molecule has 2 aromatic heterocycles. The van der Waals surface area contributed by atoms with Gasteiger partial charge in [0.05, 0.1) is 0 Å². The fourth-order valence-electron chi connectivity index (χ4n) is 8.64. The number of hydrogen-bond donors (Lipinski definition) is 0. The van der Waals surface area contributed by atoms with Gasteiger partial charge in [0.15, 0.2) is 0 Å². The van der Waals surface area contributed by atoms with Crippen molar-refractivity contribution < 1.29 is 4.42 Å². The Morgan fingerprint density at radius 1 is 0.327 bits per heavy atom. The maximum Gasteiger partial charge on any atom is 0.143 e. The molecule has 0 saturated heterocycles. The Kier molecular flexibility index (Phi) is 6.49. The second-order valence-electron chi connectivity index (χ2n) is 13.6. The van der Waals surface area contributed by atoms with Gasteiger partial charge in [-0.15, -0.1) is 0 Å². The SMILES string of the molecule is c1ccc(-c2c3ccccc3c(-c3ccc4c(c3)oc3c(-c5c6ccccc6c(-c6ccsc6)c6ccccc56)cccc34)c3ccccc23)cc1. The molecule has 0 aliphatic rings. The molecule has 2 heteroatoms. The van der Waals surface area contributed by atoms with Gasteiger partial charge in [-0.3, -0.25) is 0 Å². The minimum Gasteiger partial charge on any atom is -0.455 e. The third-order valence-corrected chi connectivity index (χ3v) is 11.5. The lowest BCUT2D eigenvalue weighted by Gasteiger charge is -2.17. The summed E-state index contributed by atoms with van der Waals surface area (Å²) in [6.07, 6.45) is 0. The van der Waals surface area contributed by atoms with Gasteiger partial charge >= 0.3 is 0 Å². The summed E-state index contributed by atoms with van der Waals surface area (Å²) in [5.41, 5.74) is 11.6. The summed E-state index contributed by atoms with van der Waals surface area (Å²) in [4.78, 5) is 0. The number of furan rings is 1. The molecule has 0 radical (unpaired) electrons. The molecule has 0 bridgehead atoms. The average molecular weight is 679 g/mol. The van der Waals surface area contributed by atoms with Crippen LogP contribution < -0.4 is 0 Å². The number of hydrogen-bond acceptors (Lipinski definition) is 2. The quantitative estimate of drug-likeness (QED) is 0.169. The Balaban J connectivity index is 1.18. The van der Waals surface area contributed by atoms with Crippen molar-refractivity contribution in [1.82, 2.24) is 0 Å². The summed E-state index contributed by atoms with van der Waals surface area (Å²) in [7, 11) is 0. The monoisotopic (exact) mass is 678 g/mol. The van der Waals surface area contributed by atoms with E-state index in [1.54, 1.807) is 11.3 Å². The summed E-state index contributed by atoms with van der Waals surface area (Å²) in [5.74, 6) is 0. The predicted molar refractivity (Wildman–Crippen MR) is 223 cm³/mol. The van der Waals surface area contributed by atoms with Gasteiger partial charge in [-0.25, -0.2) is 0 Å². The molecule has 11 rings (SSSR count). The Hall–Kier alpha value is -6.48. The molecule has 52 heavy (non-hydrogen) atoms. The molecule has 11 aromatic rings. The molecule has 9 aromatic carbocycles. The number of rotatable bonds is 4. The van der Waals surface area contributed by atoms with Crippen molar-refractivity contribution in [2.45, 2.75) is 0 Å². The third kappa shape index (κ3) is 4.28. The van der Waals surface area contributed by atoms with Gasteiger partial charge in [0.1, 0.15) is 11.2 Å². The van der Waals surface area contributed by atoms with Gasteiger partial charge in [0.25, 0.3) is 0 Å². The van der Waals surface area contributed by atoms with E-state index in [1.807, 2.05) is 0 Å². The maximum atomic E-state index is 7.02. The number of thiophene rings is 1. The van der Waals surface area contributed by atoms with Gasteiger partial charge in [0.2, 0.25) is 0 Å². The molecular weight excluding hydrogens is 649 g/mol. The smallest absolute Gasteiger partial charge is 0.143 e. The maximum absolute atomic E-state index is 7.02. The zero-order chi connectivity index (χ0) is 34.2. The summed E-state index contributed by atoms with van der Waals surface area (Å²) in [6, 6.07) is 61.7. The average Bonchev–Trinajstić information content (AvgIpc) is 3.88. The molecule has 0 spiro atoms. The fraction of sp³-hybridized carbons (Fsp3) is 0. The van der Waals surface area contributed by atoms with E-state index in [9.17, 15) is 0 Å². The van der Waals surface area contributed by atoms with E-state index in [2.05, 4.69) is 181 Å². The van der Waals surface area contributed by atoms with Crippen LogP contribution in [0.3, 0.4) is 0 Å². The van der Waals surface area contributed by atoms with Crippen molar-refractivity contribution in [3.8, 4) is 44.5 Å². The zero-order valence-electron chi connectivity index (χ0n) is 28.1. The second kappa shape index (κ2) is 11.5. The molecule has 0 N–H and O–H groups in total. The third-order valence-electron chi connectivity index (χ3n) is 10.8. The summed E-state index contributed by atoms with van der Waals surface area (Å²) < 4.78 is 7.02. The first kappa shape index (κ1) is 29.3. The number of fused-ring (bicyclic) bond motifs is 7. The molecule has 0 fully saturated rings. The van der Waals surface area contributed by atoms with Crippen LogP contribution in [0.1, 0.15) is 0 Å². The fourth-order valence-corrected chi connectivity index (χ4v) is 9.29. The molecule has 0 amide bonds. The first-order valence-electron chi connectivity index (χ1n) is 17.7. The lowest BCUT2D eigenvalue weighted by atomic mass is 9.85. The molecule has 1 nitrogen and oxygen atoms in total. The van der Waals surface area contributed by atoms with Crippen LogP contribution >= 0.6 is 11.3 Å². The van der Waals surface area contributed by atoms with Crippen LogP contribution in [0.4, 0.5) is 0 Å². The van der Waals surface area contributed by atoms with Crippen LogP contribution in [-0.4, -0.2) is 0 Å². The van der Waals surface area contributed by atoms with Crippen molar-refractivity contribution in [2.24, 2.45) is 0 Å². The Morgan fingerprint density at radius 3 is 1.35 bits per heavy atom. The lowest BCUT2D eigenvalue weighted by Crippen LogP contribution is -1.90. The molecular formula is C50H30OS. The first-order valence-corrected chi connectivity index (χ1v) is 18.7. The molecule has 0 atom stereocenters. The first-order chi connectivity index (χ1) is 25.8. The van der Waals surface area contributed by atoms with Crippen molar-refractivity contribution >= 4 is 76.4 Å². The minimum atomic E-state index is 0.892. The van der Waals surface area contributed by atoms with E-state index in [0.717, 1.165) is 33.1 Å². The van der Waals surface area contributed by atoms with Crippen molar-refractivity contribution in [2.75, 3.05) is 0 Å². The lowest BCUT2D eigenvalue weighted by molar-refractivity contribution is 0.670. The van der Waals surface area contributed by atoms with E-state index in [0.29, 0.717) is 0 Å². The molecule has 242 valence electrons. The van der Waals surface area contributed by atoms with Crippen LogP contribution in [0.25, 0.3) is 110 Å². The summed E-state index contributed by atoms with van der Waals surface area (Å²) in [6.45, 7) is 0. The molecule has 0 aliphatic carbocycles. The highest BCUT2D eigenvalue weighted by atomic mass is 32.1. The van der Waals surface area contributed by atoms with Crippen LogP contribution in [0.5, 0.6) is 0 Å². The highest BCUT2D eigenvalue weighted by Gasteiger charge is 2.21. The van der Waals surface area contributed by atoms with E-state index in [4.69, 9.17) is 4.42 Å². The molecule has 2 heterocycles. The summed E-state index contributed by atoms with van der Waals surface area (Å²) in [5, 5.41) is 16.6. The van der Waals surface area contributed by atoms with Gasteiger partial charge in [-0.05, 0) is 105 Å². The normalized spacial score (nSPS) is 11.8. The van der Waals surface area contributed by atoms with Crippen LogP contribution in [0.15, 0.2) is 185 Å². The van der Waals surface area contributed by atoms with E-state index < -0.39 is 0 Å². The van der Waals surface area contributed by atoms with E-state index in [-0.39, 0.29) is 0 Å². The Morgan fingerprint density at radius 2 is 0.808 bits per heavy atom. The van der Waals surface area contributed by atoms with Crippen LogP contribution in [0, 0.1) is 0 Å². The van der Waals surface area contributed by atoms with Crippen molar-refractivity contribution in [3.05, 3.63) is 181 Å². The largest absolute Gasteiger partial charge is 0.455 e. The summed E-state index contributed by atoms with van der Waals surface area (Å²) >= 11 is 1.74. The highest BCUT2D eigenvalue weighted by molar-refractivity contribution is 7.08. The Bertz CT molecular complexity index is 3050. The van der Waals surface area contributed by atoms with Crippen LogP contribution in [-0.2, 0) is 0 Å². The highest BCUT2D eigenvalue weighted by Crippen LogP contribution is 2.48. The van der Waals surface area contributed by atoms with Gasteiger partial charge in [0, 0.05) is 21.9 Å². The molecule has 0 unspecified atom stereocenters. The standard InChI is InChI=1S/C50H30OS/c1-2-13-31(14-3-1)46-35-15-4-6-17-37(35)47(38-18-7-5-16-36(38)46)32-25-26-34-43-23-12-24-44(50(43)51-45(34)29-32)49-41-21-10-8-19-39(41)48(33-27-28-52-30-33)40-20-9-11-22-42(40)49/h1-30H. The van der Waals surface area contributed by atoms with Crippen LogP contribution in [0.2, 0.25) is 0 Å². The number of benzene rings is 9. The Labute approximate surface area is 304 Å². The predicted octanol–water partition coefficient (Wildman–Crippen LogP) is 14.9. The second-order valence-corrected chi connectivity index (χ2v) is 14.3. The van der Waals surface area contributed by atoms with Gasteiger partial charge in [-0.1, -0.05) is 152 Å². The van der Waals surface area contributed by atoms with Crippen molar-refractivity contribution in [3.63, 3.8) is 0 Å². The molecule has 0 aliphatic heterocycles. The van der Waals surface area contributed by atoms with Gasteiger partial charge < -0.3 is 4.42 Å². The topological polar surface area (TPSA) is 13.1 Å². The zero-order valence-corrected chi connectivity index (χ0v) is 29.0. The minimum absolute atomic E-state index is 0.892. The van der Waals surface area contributed by atoms with Gasteiger partial charge in [-0.2, -0.15) is 11.3 Å². The van der Waals surface area contributed by atoms with Crippen molar-refractivity contribution in [1.29, 1.82) is 0 Å². The number of para-hydroxylation sites is 1. The van der Waals surface area contributed by atoms with E-state index >= 15 is 0 Å². The molecule has 0 saturated carbocycles. The van der Waals surface area contributed by atoms with E-state index in [1.165, 1.54) is 76.5 Å².